The molecular formula is C12H19NO4. The molecule has 0 saturated carbocycles. The molecule has 1 aromatic heterocycles. The highest BCUT2D eigenvalue weighted by atomic mass is 16.5. The predicted octanol–water partition coefficient (Wildman–Crippen LogP) is 2.43. The summed E-state index contributed by atoms with van der Waals surface area (Å²) in [6.45, 7) is 7.60. The summed E-state index contributed by atoms with van der Waals surface area (Å²) in [5.41, 5.74) is -0.0923. The van der Waals surface area contributed by atoms with Gasteiger partial charge in [-0.1, -0.05) is 6.92 Å². The van der Waals surface area contributed by atoms with Crippen LogP contribution < -0.4 is 0 Å². The minimum atomic E-state index is -0.616. The number of carbonyl (C=O) groups excluding carboxylic acids is 1. The molecule has 0 aromatic carbocycles. The highest BCUT2D eigenvalue weighted by molar-refractivity contribution is 5.87. The second-order valence-corrected chi connectivity index (χ2v) is 3.94. The molecule has 1 atom stereocenters. The molecule has 0 radical (unpaired) electrons. The van der Waals surface area contributed by atoms with Crippen molar-refractivity contribution in [3.8, 4) is 0 Å². The molecule has 0 aliphatic carbocycles. The zero-order chi connectivity index (χ0) is 13.1. The number of aromatic nitrogens is 1. The zero-order valence-electron chi connectivity index (χ0n) is 11.0. The number of hydrogen-bond acceptors (Lipinski definition) is 5. The third-order valence-electron chi connectivity index (χ3n) is 2.84. The summed E-state index contributed by atoms with van der Waals surface area (Å²) in [7, 11) is 1.59. The van der Waals surface area contributed by atoms with E-state index in [1.54, 1.807) is 21.0 Å². The number of esters is 1. The molecule has 5 heteroatoms. The maximum absolute atomic E-state index is 11.6. The summed E-state index contributed by atoms with van der Waals surface area (Å²) in [4.78, 5) is 15.8. The van der Waals surface area contributed by atoms with Crippen molar-refractivity contribution in [2.75, 3.05) is 13.7 Å². The van der Waals surface area contributed by atoms with Gasteiger partial charge in [0, 0.05) is 7.11 Å². The second-order valence-electron chi connectivity index (χ2n) is 3.94. The summed E-state index contributed by atoms with van der Waals surface area (Å²) in [5.74, 6) is 0.0694. The number of nitrogens with zero attached hydrogens (tertiary/aromatic N) is 1. The van der Waals surface area contributed by atoms with Gasteiger partial charge in [-0.25, -0.2) is 9.78 Å². The summed E-state index contributed by atoms with van der Waals surface area (Å²) in [6.07, 6.45) is 0.700. The monoisotopic (exact) mass is 241 g/mol. The topological polar surface area (TPSA) is 61.6 Å². The standard InChI is InChI=1S/C12H19NO4/c1-6-12(4,15-5)11-13-8(3)9(17-11)10(14)16-7-2/h6-7H2,1-5H3. The van der Waals surface area contributed by atoms with Gasteiger partial charge in [0.05, 0.1) is 12.3 Å². The SMILES string of the molecule is CCOC(=O)c1oc(C(C)(CC)OC)nc1C. The molecule has 1 aromatic rings. The predicted molar refractivity (Wildman–Crippen MR) is 61.8 cm³/mol. The average molecular weight is 241 g/mol. The van der Waals surface area contributed by atoms with E-state index in [0.717, 1.165) is 0 Å². The van der Waals surface area contributed by atoms with Crippen LogP contribution in [0.2, 0.25) is 0 Å². The summed E-state index contributed by atoms with van der Waals surface area (Å²) < 4.78 is 15.7. The number of hydrogen-bond donors (Lipinski definition) is 0. The van der Waals surface area contributed by atoms with E-state index in [9.17, 15) is 4.79 Å². The Morgan fingerprint density at radius 3 is 2.59 bits per heavy atom. The van der Waals surface area contributed by atoms with Crippen molar-refractivity contribution in [2.24, 2.45) is 0 Å². The van der Waals surface area contributed by atoms with Crippen LogP contribution in [0.4, 0.5) is 0 Å². The Morgan fingerprint density at radius 1 is 1.47 bits per heavy atom. The third kappa shape index (κ3) is 2.66. The number of rotatable bonds is 5. The van der Waals surface area contributed by atoms with E-state index in [-0.39, 0.29) is 5.76 Å². The average Bonchev–Trinajstić information content (AvgIpc) is 2.71. The van der Waals surface area contributed by atoms with Gasteiger partial charge in [0.25, 0.3) is 0 Å². The van der Waals surface area contributed by atoms with Crippen LogP contribution in [-0.4, -0.2) is 24.7 Å². The molecule has 1 rings (SSSR count). The van der Waals surface area contributed by atoms with Crippen molar-refractivity contribution in [3.63, 3.8) is 0 Å². The highest BCUT2D eigenvalue weighted by Gasteiger charge is 2.32. The normalized spacial score (nSPS) is 14.4. The van der Waals surface area contributed by atoms with Crippen LogP contribution in [0.25, 0.3) is 0 Å². The molecule has 0 aliphatic heterocycles. The molecule has 0 bridgehead atoms. The minimum Gasteiger partial charge on any atom is -0.460 e. The molecular weight excluding hydrogens is 222 g/mol. The van der Waals surface area contributed by atoms with Gasteiger partial charge in [0.1, 0.15) is 5.60 Å². The summed E-state index contributed by atoms with van der Waals surface area (Å²) in [5, 5.41) is 0. The summed E-state index contributed by atoms with van der Waals surface area (Å²) >= 11 is 0. The van der Waals surface area contributed by atoms with Crippen LogP contribution in [-0.2, 0) is 15.1 Å². The van der Waals surface area contributed by atoms with Gasteiger partial charge in [-0.15, -0.1) is 0 Å². The Bertz CT molecular complexity index is 393. The Balaban J connectivity index is 3.07. The lowest BCUT2D eigenvalue weighted by Crippen LogP contribution is -2.23. The Kier molecular flexibility index (Phi) is 4.28. The minimum absolute atomic E-state index is 0.151. The van der Waals surface area contributed by atoms with Crippen LogP contribution in [0, 0.1) is 6.92 Å². The Morgan fingerprint density at radius 2 is 2.12 bits per heavy atom. The lowest BCUT2D eigenvalue weighted by Gasteiger charge is -2.22. The second kappa shape index (κ2) is 5.31. The Labute approximate surface area is 101 Å². The summed E-state index contributed by atoms with van der Waals surface area (Å²) in [6, 6.07) is 0. The Hall–Kier alpha value is -1.36. The highest BCUT2D eigenvalue weighted by Crippen LogP contribution is 2.29. The number of oxazole rings is 1. The van der Waals surface area contributed by atoms with Crippen LogP contribution in [0.3, 0.4) is 0 Å². The maximum atomic E-state index is 11.6. The van der Waals surface area contributed by atoms with E-state index < -0.39 is 11.6 Å². The van der Waals surface area contributed by atoms with Crippen molar-refractivity contribution < 1.29 is 18.7 Å². The van der Waals surface area contributed by atoms with Crippen LogP contribution >= 0.6 is 0 Å². The fourth-order valence-corrected chi connectivity index (χ4v) is 1.39. The molecule has 17 heavy (non-hydrogen) atoms. The third-order valence-corrected chi connectivity index (χ3v) is 2.84. The van der Waals surface area contributed by atoms with Gasteiger partial charge in [0.2, 0.25) is 11.7 Å². The van der Waals surface area contributed by atoms with Gasteiger partial charge in [-0.3, -0.25) is 0 Å². The molecule has 0 saturated heterocycles. The fourth-order valence-electron chi connectivity index (χ4n) is 1.39. The molecule has 96 valence electrons. The van der Waals surface area contributed by atoms with E-state index in [4.69, 9.17) is 13.9 Å². The van der Waals surface area contributed by atoms with E-state index in [0.29, 0.717) is 24.6 Å². The van der Waals surface area contributed by atoms with Crippen molar-refractivity contribution in [1.29, 1.82) is 0 Å². The fraction of sp³-hybridized carbons (Fsp3) is 0.667. The van der Waals surface area contributed by atoms with Crippen molar-refractivity contribution >= 4 is 5.97 Å². The van der Waals surface area contributed by atoms with Gasteiger partial charge < -0.3 is 13.9 Å². The van der Waals surface area contributed by atoms with Crippen molar-refractivity contribution in [2.45, 2.75) is 39.7 Å². The molecule has 0 spiro atoms. The molecule has 0 amide bonds. The quantitative estimate of drug-likeness (QED) is 0.741. The smallest absolute Gasteiger partial charge is 0.376 e. The van der Waals surface area contributed by atoms with Gasteiger partial charge in [0.15, 0.2) is 0 Å². The first-order valence-electron chi connectivity index (χ1n) is 5.68. The van der Waals surface area contributed by atoms with Gasteiger partial charge in [-0.2, -0.15) is 0 Å². The van der Waals surface area contributed by atoms with Crippen molar-refractivity contribution in [1.82, 2.24) is 4.98 Å². The first-order valence-corrected chi connectivity index (χ1v) is 5.68. The van der Waals surface area contributed by atoms with E-state index in [1.807, 2.05) is 13.8 Å². The lowest BCUT2D eigenvalue weighted by molar-refractivity contribution is -0.0244. The molecule has 0 N–H and O–H groups in total. The molecule has 0 fully saturated rings. The van der Waals surface area contributed by atoms with E-state index >= 15 is 0 Å². The van der Waals surface area contributed by atoms with Crippen molar-refractivity contribution in [3.05, 3.63) is 17.3 Å². The molecule has 1 unspecified atom stereocenters. The lowest BCUT2D eigenvalue weighted by atomic mass is 10.0. The number of carbonyl (C=O) groups is 1. The maximum Gasteiger partial charge on any atom is 0.376 e. The van der Waals surface area contributed by atoms with Crippen LogP contribution in [0.1, 0.15) is 49.3 Å². The number of methoxy groups -OCH3 is 1. The largest absolute Gasteiger partial charge is 0.460 e. The van der Waals surface area contributed by atoms with Gasteiger partial charge in [-0.05, 0) is 27.2 Å². The number of ether oxygens (including phenoxy) is 2. The first-order chi connectivity index (χ1) is 7.98. The number of aryl methyl sites for hydroxylation is 1. The first kappa shape index (κ1) is 13.7. The van der Waals surface area contributed by atoms with Crippen LogP contribution in [0.5, 0.6) is 0 Å². The van der Waals surface area contributed by atoms with Gasteiger partial charge >= 0.3 is 5.97 Å². The van der Waals surface area contributed by atoms with E-state index in [2.05, 4.69) is 4.98 Å². The van der Waals surface area contributed by atoms with E-state index in [1.165, 1.54) is 0 Å². The zero-order valence-corrected chi connectivity index (χ0v) is 11.0. The molecule has 0 aliphatic rings. The molecule has 5 nitrogen and oxygen atoms in total. The molecule has 1 heterocycles. The van der Waals surface area contributed by atoms with Crippen LogP contribution in [0.15, 0.2) is 4.42 Å².